The fraction of sp³-hybridized carbons (Fsp3) is 0.214. The van der Waals surface area contributed by atoms with E-state index in [1.54, 1.807) is 13.3 Å². The molecule has 0 spiro atoms. The summed E-state index contributed by atoms with van der Waals surface area (Å²) < 4.78 is 16.9. The molecule has 0 radical (unpaired) electrons. The molecule has 0 unspecified atom stereocenters. The van der Waals surface area contributed by atoms with E-state index in [0.29, 0.717) is 67.3 Å². The van der Waals surface area contributed by atoms with Crippen LogP contribution in [0.15, 0.2) is 77.9 Å². The van der Waals surface area contributed by atoms with Crippen LogP contribution in [0.2, 0.25) is 5.02 Å². The predicted molar refractivity (Wildman–Crippen MR) is 153 cm³/mol. The summed E-state index contributed by atoms with van der Waals surface area (Å²) in [4.78, 5) is 15.7. The molecule has 11 heteroatoms. The Balaban J connectivity index is 1.28. The Morgan fingerprint density at radius 2 is 1.72 bits per heavy atom. The van der Waals surface area contributed by atoms with Gasteiger partial charge in [0.2, 0.25) is 17.8 Å². The Kier molecular flexibility index (Phi) is 8.67. The first-order valence-corrected chi connectivity index (χ1v) is 12.8. The van der Waals surface area contributed by atoms with Crippen LogP contribution >= 0.6 is 11.6 Å². The van der Waals surface area contributed by atoms with Gasteiger partial charge < -0.3 is 24.4 Å². The fourth-order valence-corrected chi connectivity index (χ4v) is 3.94. The van der Waals surface area contributed by atoms with Crippen LogP contribution in [0.25, 0.3) is 0 Å². The number of hydrogen-bond donors (Lipinski definition) is 2. The van der Waals surface area contributed by atoms with E-state index < -0.39 is 0 Å². The molecule has 1 fully saturated rings. The monoisotopic (exact) mass is 545 g/mol. The summed E-state index contributed by atoms with van der Waals surface area (Å²) in [6.45, 7) is 3.03. The second-order valence-corrected chi connectivity index (χ2v) is 9.00. The first-order chi connectivity index (χ1) is 19.2. The van der Waals surface area contributed by atoms with Crippen LogP contribution in [-0.2, 0) is 11.3 Å². The third-order valence-electron chi connectivity index (χ3n) is 5.82. The number of nitrogens with one attached hydrogen (secondary N) is 2. The minimum Gasteiger partial charge on any atom is -0.493 e. The summed E-state index contributed by atoms with van der Waals surface area (Å²) in [5.74, 6) is 2.50. The van der Waals surface area contributed by atoms with Crippen LogP contribution in [0.5, 0.6) is 11.5 Å². The van der Waals surface area contributed by atoms with Gasteiger partial charge in [-0.1, -0.05) is 41.9 Å². The van der Waals surface area contributed by atoms with E-state index in [1.165, 1.54) is 0 Å². The van der Waals surface area contributed by atoms with Gasteiger partial charge in [-0.25, -0.2) is 5.43 Å². The van der Waals surface area contributed by atoms with Gasteiger partial charge in [-0.2, -0.15) is 20.1 Å². The van der Waals surface area contributed by atoms with Gasteiger partial charge >= 0.3 is 0 Å². The second-order valence-electron chi connectivity index (χ2n) is 8.57. The van der Waals surface area contributed by atoms with Gasteiger partial charge in [0, 0.05) is 23.8 Å². The van der Waals surface area contributed by atoms with Gasteiger partial charge in [-0.05, 0) is 53.6 Å². The number of anilines is 4. The van der Waals surface area contributed by atoms with Gasteiger partial charge in [0.1, 0.15) is 6.61 Å². The molecule has 2 N–H and O–H groups in total. The number of benzene rings is 3. The van der Waals surface area contributed by atoms with Crippen molar-refractivity contribution in [2.45, 2.75) is 6.61 Å². The summed E-state index contributed by atoms with van der Waals surface area (Å²) in [7, 11) is 1.60. The van der Waals surface area contributed by atoms with E-state index in [1.807, 2.05) is 72.8 Å². The normalized spacial score (nSPS) is 13.3. The van der Waals surface area contributed by atoms with Crippen LogP contribution in [-0.4, -0.2) is 54.6 Å². The molecule has 3 aromatic carbocycles. The topological polar surface area (TPSA) is 106 Å². The minimum absolute atomic E-state index is 0.316. The van der Waals surface area contributed by atoms with E-state index in [4.69, 9.17) is 25.8 Å². The average Bonchev–Trinajstić information content (AvgIpc) is 2.98. The van der Waals surface area contributed by atoms with Gasteiger partial charge in [0.25, 0.3) is 0 Å². The Morgan fingerprint density at radius 3 is 2.49 bits per heavy atom. The maximum Gasteiger partial charge on any atom is 0.250 e. The molecule has 0 atom stereocenters. The van der Waals surface area contributed by atoms with Crippen LogP contribution in [0.3, 0.4) is 0 Å². The van der Waals surface area contributed by atoms with Crippen LogP contribution < -0.4 is 25.1 Å². The lowest BCUT2D eigenvalue weighted by atomic mass is 10.2. The van der Waals surface area contributed by atoms with Crippen molar-refractivity contribution < 1.29 is 14.2 Å². The van der Waals surface area contributed by atoms with E-state index in [9.17, 15) is 0 Å². The number of morpholine rings is 1. The molecule has 1 aliphatic rings. The van der Waals surface area contributed by atoms with E-state index in [-0.39, 0.29) is 0 Å². The average molecular weight is 546 g/mol. The molecule has 2 heterocycles. The van der Waals surface area contributed by atoms with Gasteiger partial charge in [-0.15, -0.1) is 0 Å². The highest BCUT2D eigenvalue weighted by Gasteiger charge is 2.17. The third kappa shape index (κ3) is 7.34. The van der Waals surface area contributed by atoms with E-state index in [2.05, 4.69) is 35.7 Å². The van der Waals surface area contributed by atoms with E-state index >= 15 is 0 Å². The SMILES string of the molecule is COc1cc(C=NNc2nc(Nc3ccccc3)nc(N3CCOCC3)n2)ccc1OCc1ccc(Cl)cc1. The number of methoxy groups -OCH3 is 1. The van der Waals surface area contributed by atoms with Crippen molar-refractivity contribution in [2.24, 2.45) is 5.10 Å². The minimum atomic E-state index is 0.316. The Labute approximate surface area is 231 Å². The number of hydrogen-bond acceptors (Lipinski definition) is 10. The standard InChI is InChI=1S/C28H28ClN7O3/c1-37-25-17-21(9-12-24(25)39-19-20-7-10-22(29)11-8-20)18-30-35-27-32-26(31-23-5-3-2-4-6-23)33-28(34-27)36-13-15-38-16-14-36/h2-12,17-18H,13-16,19H2,1H3,(H2,31,32,33,34,35). The van der Waals surface area contributed by atoms with Crippen LogP contribution in [0.1, 0.15) is 11.1 Å². The number of aromatic nitrogens is 3. The second kappa shape index (κ2) is 12.9. The smallest absolute Gasteiger partial charge is 0.250 e. The maximum absolute atomic E-state index is 5.96. The quantitative estimate of drug-likeness (QED) is 0.207. The number of hydrazone groups is 1. The molecule has 5 rings (SSSR count). The van der Waals surface area contributed by atoms with E-state index in [0.717, 1.165) is 16.8 Å². The Morgan fingerprint density at radius 1 is 0.949 bits per heavy atom. The highest BCUT2D eigenvalue weighted by Crippen LogP contribution is 2.28. The first-order valence-electron chi connectivity index (χ1n) is 12.4. The molecular formula is C28H28ClN7O3. The molecule has 0 aliphatic carbocycles. The predicted octanol–water partition coefficient (Wildman–Crippen LogP) is 5.14. The molecule has 0 saturated carbocycles. The maximum atomic E-state index is 5.96. The number of rotatable bonds is 10. The molecule has 1 aliphatic heterocycles. The first kappa shape index (κ1) is 26.2. The lowest BCUT2D eigenvalue weighted by molar-refractivity contribution is 0.122. The van der Waals surface area contributed by atoms with Crippen molar-refractivity contribution in [2.75, 3.05) is 49.1 Å². The largest absolute Gasteiger partial charge is 0.493 e. The van der Waals surface area contributed by atoms with Crippen LogP contribution in [0, 0.1) is 0 Å². The van der Waals surface area contributed by atoms with Crippen molar-refractivity contribution in [3.05, 3.63) is 88.9 Å². The van der Waals surface area contributed by atoms with Crippen molar-refractivity contribution in [1.29, 1.82) is 0 Å². The summed E-state index contributed by atoms with van der Waals surface area (Å²) >= 11 is 5.96. The summed E-state index contributed by atoms with van der Waals surface area (Å²) in [6, 6.07) is 22.8. The molecule has 1 saturated heterocycles. The molecule has 10 nitrogen and oxygen atoms in total. The van der Waals surface area contributed by atoms with Crippen LogP contribution in [0.4, 0.5) is 23.5 Å². The lowest BCUT2D eigenvalue weighted by Crippen LogP contribution is -2.37. The number of para-hydroxylation sites is 1. The molecule has 1 aromatic heterocycles. The van der Waals surface area contributed by atoms with Crippen molar-refractivity contribution in [3.8, 4) is 11.5 Å². The highest BCUT2D eigenvalue weighted by atomic mass is 35.5. The summed E-state index contributed by atoms with van der Waals surface area (Å²) in [5, 5.41) is 8.26. The zero-order valence-corrected chi connectivity index (χ0v) is 22.1. The molecular weight excluding hydrogens is 518 g/mol. The third-order valence-corrected chi connectivity index (χ3v) is 6.07. The Hall–Kier alpha value is -4.41. The highest BCUT2D eigenvalue weighted by molar-refractivity contribution is 6.30. The number of ether oxygens (including phenoxy) is 3. The number of nitrogens with zero attached hydrogens (tertiary/aromatic N) is 5. The summed E-state index contributed by atoms with van der Waals surface area (Å²) in [6.07, 6.45) is 1.66. The fourth-order valence-electron chi connectivity index (χ4n) is 3.82. The zero-order valence-electron chi connectivity index (χ0n) is 21.4. The van der Waals surface area contributed by atoms with Gasteiger partial charge in [-0.3, -0.25) is 0 Å². The van der Waals surface area contributed by atoms with Crippen molar-refractivity contribution in [1.82, 2.24) is 15.0 Å². The summed E-state index contributed by atoms with van der Waals surface area (Å²) in [5.41, 5.74) is 5.61. The Bertz CT molecular complexity index is 1400. The molecule has 39 heavy (non-hydrogen) atoms. The van der Waals surface area contributed by atoms with Crippen molar-refractivity contribution >= 4 is 41.3 Å². The molecule has 200 valence electrons. The molecule has 0 amide bonds. The van der Waals surface area contributed by atoms with Gasteiger partial charge in [0.05, 0.1) is 26.5 Å². The lowest BCUT2D eigenvalue weighted by Gasteiger charge is -2.27. The van der Waals surface area contributed by atoms with Gasteiger partial charge in [0.15, 0.2) is 11.5 Å². The molecule has 4 aromatic rings. The number of halogens is 1. The molecule has 0 bridgehead atoms. The zero-order chi connectivity index (χ0) is 26.9. The van der Waals surface area contributed by atoms with Crippen molar-refractivity contribution in [3.63, 3.8) is 0 Å².